The van der Waals surface area contributed by atoms with Gasteiger partial charge in [0.15, 0.2) is 0 Å². The maximum Gasteiger partial charge on any atom is 0.205 e. The fourth-order valence-electron chi connectivity index (χ4n) is 1.89. The molecule has 2 atom stereocenters. The van der Waals surface area contributed by atoms with Gasteiger partial charge in [-0.2, -0.15) is 4.37 Å². The minimum Gasteiger partial charge on any atom is -0.345 e. The molecular formula is C11H18ClN3S. The van der Waals surface area contributed by atoms with Crippen molar-refractivity contribution in [2.75, 3.05) is 18.0 Å². The largest absolute Gasteiger partial charge is 0.345 e. The third-order valence-electron chi connectivity index (χ3n) is 3.07. The lowest BCUT2D eigenvalue weighted by Crippen LogP contribution is -2.40. The van der Waals surface area contributed by atoms with Crippen molar-refractivity contribution in [3.05, 3.63) is 5.82 Å². The van der Waals surface area contributed by atoms with Crippen molar-refractivity contribution in [1.29, 1.82) is 0 Å². The quantitative estimate of drug-likeness (QED) is 0.782. The Morgan fingerprint density at radius 1 is 1.56 bits per heavy atom. The highest BCUT2D eigenvalue weighted by Gasteiger charge is 2.26. The average Bonchev–Trinajstić information content (AvgIpc) is 2.71. The predicted octanol–water partition coefficient (Wildman–Crippen LogP) is 2.94. The fraction of sp³-hybridized carbons (Fsp3) is 0.818. The van der Waals surface area contributed by atoms with Gasteiger partial charge in [0.1, 0.15) is 5.82 Å². The summed E-state index contributed by atoms with van der Waals surface area (Å²) in [7, 11) is 0. The van der Waals surface area contributed by atoms with E-state index in [4.69, 9.17) is 11.6 Å². The van der Waals surface area contributed by atoms with Crippen molar-refractivity contribution in [2.24, 2.45) is 5.92 Å². The second-order valence-corrected chi connectivity index (χ2v) is 5.76. The molecular weight excluding hydrogens is 242 g/mol. The molecule has 0 aliphatic carbocycles. The zero-order valence-corrected chi connectivity index (χ0v) is 11.4. The zero-order chi connectivity index (χ0) is 11.5. The highest BCUT2D eigenvalue weighted by atomic mass is 35.5. The van der Waals surface area contributed by atoms with Crippen molar-refractivity contribution in [1.82, 2.24) is 9.36 Å². The molecule has 2 heterocycles. The maximum atomic E-state index is 6.29. The van der Waals surface area contributed by atoms with Gasteiger partial charge < -0.3 is 4.90 Å². The van der Waals surface area contributed by atoms with Gasteiger partial charge in [-0.25, -0.2) is 4.98 Å². The highest BCUT2D eigenvalue weighted by molar-refractivity contribution is 7.09. The lowest BCUT2D eigenvalue weighted by molar-refractivity contribution is 0.445. The van der Waals surface area contributed by atoms with E-state index in [1.54, 1.807) is 0 Å². The van der Waals surface area contributed by atoms with Crippen molar-refractivity contribution in [2.45, 2.75) is 38.5 Å². The summed E-state index contributed by atoms with van der Waals surface area (Å²) >= 11 is 7.80. The van der Waals surface area contributed by atoms with Gasteiger partial charge in [-0.05, 0) is 18.8 Å². The summed E-state index contributed by atoms with van der Waals surface area (Å²) in [6, 6.07) is 0. The van der Waals surface area contributed by atoms with E-state index in [-0.39, 0.29) is 5.38 Å². The second-order valence-electron chi connectivity index (χ2n) is 4.47. The Balaban J connectivity index is 2.01. The predicted molar refractivity (Wildman–Crippen MR) is 69.5 cm³/mol. The summed E-state index contributed by atoms with van der Waals surface area (Å²) in [6.45, 7) is 6.34. The maximum absolute atomic E-state index is 6.29. The first-order valence-electron chi connectivity index (χ1n) is 5.92. The Hall–Kier alpha value is -0.350. The minimum atomic E-state index is 0.243. The second kappa shape index (κ2) is 5.32. The molecule has 1 aromatic heterocycles. The molecule has 0 aromatic carbocycles. The molecule has 2 unspecified atom stereocenters. The van der Waals surface area contributed by atoms with Gasteiger partial charge in [0.2, 0.25) is 5.13 Å². The Morgan fingerprint density at radius 3 is 3.06 bits per heavy atom. The number of piperidine rings is 1. The van der Waals surface area contributed by atoms with Gasteiger partial charge in [-0.15, -0.1) is 11.6 Å². The number of hydrogen-bond donors (Lipinski definition) is 0. The van der Waals surface area contributed by atoms with Gasteiger partial charge in [-0.3, -0.25) is 0 Å². The molecule has 90 valence electrons. The number of halogens is 1. The zero-order valence-electron chi connectivity index (χ0n) is 9.82. The molecule has 5 heteroatoms. The minimum absolute atomic E-state index is 0.243. The van der Waals surface area contributed by atoms with E-state index in [1.807, 2.05) is 0 Å². The Bertz CT molecular complexity index is 342. The molecule has 0 radical (unpaired) electrons. The van der Waals surface area contributed by atoms with Crippen LogP contribution in [0.15, 0.2) is 0 Å². The van der Waals surface area contributed by atoms with Crippen LogP contribution in [0.1, 0.15) is 32.5 Å². The number of alkyl halides is 1. The van der Waals surface area contributed by atoms with E-state index < -0.39 is 0 Å². The lowest BCUT2D eigenvalue weighted by Gasteiger charge is -2.33. The van der Waals surface area contributed by atoms with Crippen LogP contribution in [-0.4, -0.2) is 27.8 Å². The summed E-state index contributed by atoms with van der Waals surface area (Å²) in [4.78, 5) is 6.83. The van der Waals surface area contributed by atoms with E-state index in [0.717, 1.165) is 43.3 Å². The molecule has 16 heavy (non-hydrogen) atoms. The molecule has 1 fully saturated rings. The van der Waals surface area contributed by atoms with E-state index in [9.17, 15) is 0 Å². The molecule has 2 rings (SSSR count). The molecule has 0 amide bonds. The van der Waals surface area contributed by atoms with E-state index in [0.29, 0.717) is 5.92 Å². The van der Waals surface area contributed by atoms with Crippen LogP contribution in [0.5, 0.6) is 0 Å². The first kappa shape index (κ1) is 12.1. The first-order valence-corrected chi connectivity index (χ1v) is 7.13. The van der Waals surface area contributed by atoms with E-state index in [2.05, 4.69) is 28.1 Å². The molecule has 0 saturated carbocycles. The number of anilines is 1. The van der Waals surface area contributed by atoms with Gasteiger partial charge in [0, 0.05) is 31.0 Å². The van der Waals surface area contributed by atoms with Crippen molar-refractivity contribution < 1.29 is 0 Å². The number of nitrogens with zero attached hydrogens (tertiary/aromatic N) is 3. The normalized spacial score (nSPS) is 26.1. The summed E-state index contributed by atoms with van der Waals surface area (Å²) in [5.41, 5.74) is 0. The van der Waals surface area contributed by atoms with Crippen LogP contribution in [0.25, 0.3) is 0 Å². The molecule has 0 N–H and O–H groups in total. The number of aryl methyl sites for hydroxylation is 1. The van der Waals surface area contributed by atoms with Gasteiger partial charge >= 0.3 is 0 Å². The Labute approximate surface area is 106 Å². The van der Waals surface area contributed by atoms with Gasteiger partial charge in [0.05, 0.1) is 5.38 Å². The standard InChI is InChI=1S/C11H18ClN3S/c1-3-4-10-13-11(16-14-10)15-6-5-8(2)9(12)7-15/h8-9H,3-7H2,1-2H3. The van der Waals surface area contributed by atoms with Gasteiger partial charge in [0.25, 0.3) is 0 Å². The molecule has 1 saturated heterocycles. The average molecular weight is 260 g/mol. The van der Waals surface area contributed by atoms with Crippen LogP contribution in [-0.2, 0) is 6.42 Å². The molecule has 0 bridgehead atoms. The van der Waals surface area contributed by atoms with Crippen LogP contribution in [0, 0.1) is 5.92 Å². The van der Waals surface area contributed by atoms with Crippen LogP contribution < -0.4 is 4.90 Å². The topological polar surface area (TPSA) is 29.0 Å². The summed E-state index contributed by atoms with van der Waals surface area (Å²) < 4.78 is 4.37. The molecule has 1 aliphatic heterocycles. The first-order chi connectivity index (χ1) is 7.70. The van der Waals surface area contributed by atoms with Crippen LogP contribution in [0.4, 0.5) is 5.13 Å². The molecule has 0 spiro atoms. The molecule has 1 aliphatic rings. The highest BCUT2D eigenvalue weighted by Crippen LogP contribution is 2.27. The lowest BCUT2D eigenvalue weighted by atomic mass is 9.99. The third kappa shape index (κ3) is 2.66. The SMILES string of the molecule is CCCc1nsc(N2CCC(C)C(Cl)C2)n1. The van der Waals surface area contributed by atoms with Crippen molar-refractivity contribution >= 4 is 28.3 Å². The van der Waals surface area contributed by atoms with E-state index >= 15 is 0 Å². The number of hydrogen-bond acceptors (Lipinski definition) is 4. The summed E-state index contributed by atoms with van der Waals surface area (Å²) in [5, 5.41) is 1.29. The Kier molecular flexibility index (Phi) is 4.03. The Morgan fingerprint density at radius 2 is 2.38 bits per heavy atom. The van der Waals surface area contributed by atoms with E-state index in [1.165, 1.54) is 11.5 Å². The third-order valence-corrected chi connectivity index (χ3v) is 4.45. The summed E-state index contributed by atoms with van der Waals surface area (Å²) in [5.74, 6) is 1.59. The molecule has 1 aromatic rings. The van der Waals surface area contributed by atoms with Crippen molar-refractivity contribution in [3.8, 4) is 0 Å². The summed E-state index contributed by atoms with van der Waals surface area (Å²) in [6.07, 6.45) is 3.23. The fourth-order valence-corrected chi connectivity index (χ4v) is 2.93. The molecule has 3 nitrogen and oxygen atoms in total. The number of rotatable bonds is 3. The van der Waals surface area contributed by atoms with Crippen molar-refractivity contribution in [3.63, 3.8) is 0 Å². The van der Waals surface area contributed by atoms with Crippen LogP contribution in [0.3, 0.4) is 0 Å². The monoisotopic (exact) mass is 259 g/mol. The smallest absolute Gasteiger partial charge is 0.205 e. The van der Waals surface area contributed by atoms with Crippen LogP contribution >= 0.6 is 23.1 Å². The van der Waals surface area contributed by atoms with Crippen LogP contribution in [0.2, 0.25) is 0 Å². The van der Waals surface area contributed by atoms with Gasteiger partial charge in [-0.1, -0.05) is 13.8 Å². The number of aromatic nitrogens is 2.